The lowest BCUT2D eigenvalue weighted by Crippen LogP contribution is -2.43. The summed E-state index contributed by atoms with van der Waals surface area (Å²) in [5.41, 5.74) is 1.74. The van der Waals surface area contributed by atoms with Gasteiger partial charge in [-0.2, -0.15) is 0 Å². The molecule has 1 heterocycles. The fourth-order valence-corrected chi connectivity index (χ4v) is 2.96. The van der Waals surface area contributed by atoms with Gasteiger partial charge in [0.25, 0.3) is 0 Å². The van der Waals surface area contributed by atoms with E-state index in [9.17, 15) is 9.59 Å². The van der Waals surface area contributed by atoms with Crippen LogP contribution in [0.3, 0.4) is 0 Å². The minimum Gasteiger partial charge on any atom is -0.330 e. The number of hydrogen-bond acceptors (Lipinski definition) is 2. The second kappa shape index (κ2) is 7.09. The topological polar surface area (TPSA) is 49.4 Å². The SMILES string of the molecule is O=C(Nc1ccccc1)[C@H]1CCCN1C(=O)Cc1ccccc1. The maximum Gasteiger partial charge on any atom is 0.247 e. The number of carbonyl (C=O) groups excluding carboxylic acids is 2. The molecule has 0 spiro atoms. The van der Waals surface area contributed by atoms with E-state index in [4.69, 9.17) is 0 Å². The number of carbonyl (C=O) groups is 2. The molecule has 1 aliphatic heterocycles. The Morgan fingerprint density at radius 3 is 2.35 bits per heavy atom. The molecule has 1 fully saturated rings. The Labute approximate surface area is 136 Å². The van der Waals surface area contributed by atoms with Crippen LogP contribution >= 0.6 is 0 Å². The Bertz CT molecular complexity index is 611. The molecule has 118 valence electrons. The van der Waals surface area contributed by atoms with Crippen LogP contribution in [-0.4, -0.2) is 29.3 Å². The average molecular weight is 308 g/mol. The van der Waals surface area contributed by atoms with Gasteiger partial charge in [0.15, 0.2) is 0 Å². The summed E-state index contributed by atoms with van der Waals surface area (Å²) in [4.78, 5) is 26.7. The minimum atomic E-state index is -0.369. The fraction of sp³-hybridized carbons (Fsp3) is 0.263. The highest BCUT2D eigenvalue weighted by molar-refractivity contribution is 5.97. The van der Waals surface area contributed by atoms with Gasteiger partial charge in [0.2, 0.25) is 11.8 Å². The number of hydrogen-bond donors (Lipinski definition) is 1. The summed E-state index contributed by atoms with van der Waals surface area (Å²) in [7, 11) is 0. The Morgan fingerprint density at radius 2 is 1.65 bits per heavy atom. The predicted molar refractivity (Wildman–Crippen MR) is 90.0 cm³/mol. The standard InChI is InChI=1S/C19H20N2O2/c22-18(14-15-8-3-1-4-9-15)21-13-7-12-17(21)19(23)20-16-10-5-2-6-11-16/h1-6,8-11,17H,7,12-14H2,(H,20,23)/t17-/m1/s1. The van der Waals surface area contributed by atoms with Gasteiger partial charge in [-0.25, -0.2) is 0 Å². The lowest BCUT2D eigenvalue weighted by atomic mass is 10.1. The van der Waals surface area contributed by atoms with E-state index in [0.717, 1.165) is 24.1 Å². The Balaban J connectivity index is 1.65. The van der Waals surface area contributed by atoms with Gasteiger partial charge in [-0.3, -0.25) is 9.59 Å². The molecule has 0 radical (unpaired) electrons. The first-order chi connectivity index (χ1) is 11.2. The summed E-state index contributed by atoms with van der Waals surface area (Å²) in [5.74, 6) is -0.0861. The normalized spacial score (nSPS) is 17.0. The van der Waals surface area contributed by atoms with Crippen molar-refractivity contribution in [2.75, 3.05) is 11.9 Å². The predicted octanol–water partition coefficient (Wildman–Crippen LogP) is 2.86. The largest absolute Gasteiger partial charge is 0.330 e. The molecule has 4 nitrogen and oxygen atoms in total. The average Bonchev–Trinajstić information content (AvgIpc) is 3.06. The van der Waals surface area contributed by atoms with Gasteiger partial charge >= 0.3 is 0 Å². The second-order valence-electron chi connectivity index (χ2n) is 5.76. The zero-order chi connectivity index (χ0) is 16.1. The van der Waals surface area contributed by atoms with Crippen molar-refractivity contribution in [3.63, 3.8) is 0 Å². The molecule has 0 aromatic heterocycles. The highest BCUT2D eigenvalue weighted by Crippen LogP contribution is 2.20. The van der Waals surface area contributed by atoms with E-state index in [0.29, 0.717) is 13.0 Å². The van der Waals surface area contributed by atoms with Crippen molar-refractivity contribution in [2.45, 2.75) is 25.3 Å². The summed E-state index contributed by atoms with van der Waals surface area (Å²) in [6.45, 7) is 0.651. The van der Waals surface area contributed by atoms with Crippen LogP contribution in [0.2, 0.25) is 0 Å². The van der Waals surface area contributed by atoms with Gasteiger partial charge in [0, 0.05) is 12.2 Å². The Hall–Kier alpha value is -2.62. The number of nitrogens with zero attached hydrogens (tertiary/aromatic N) is 1. The maximum atomic E-state index is 12.5. The summed E-state index contributed by atoms with van der Waals surface area (Å²) < 4.78 is 0. The van der Waals surface area contributed by atoms with Crippen LogP contribution in [0.1, 0.15) is 18.4 Å². The zero-order valence-electron chi connectivity index (χ0n) is 12.9. The van der Waals surface area contributed by atoms with Crippen LogP contribution in [-0.2, 0) is 16.0 Å². The third kappa shape index (κ3) is 3.77. The van der Waals surface area contributed by atoms with Crippen molar-refractivity contribution < 1.29 is 9.59 Å². The molecule has 2 aromatic rings. The van der Waals surface area contributed by atoms with E-state index in [1.165, 1.54) is 0 Å². The first-order valence-corrected chi connectivity index (χ1v) is 7.93. The highest BCUT2D eigenvalue weighted by atomic mass is 16.2. The van der Waals surface area contributed by atoms with Crippen LogP contribution in [0.25, 0.3) is 0 Å². The van der Waals surface area contributed by atoms with E-state index in [-0.39, 0.29) is 17.9 Å². The Morgan fingerprint density at radius 1 is 1.00 bits per heavy atom. The molecule has 4 heteroatoms. The summed E-state index contributed by atoms with van der Waals surface area (Å²) >= 11 is 0. The van der Waals surface area contributed by atoms with Gasteiger partial charge < -0.3 is 10.2 Å². The van der Waals surface area contributed by atoms with Crippen LogP contribution in [0.5, 0.6) is 0 Å². The maximum absolute atomic E-state index is 12.5. The number of para-hydroxylation sites is 1. The van der Waals surface area contributed by atoms with Crippen LogP contribution in [0.4, 0.5) is 5.69 Å². The van der Waals surface area contributed by atoms with Gasteiger partial charge in [-0.15, -0.1) is 0 Å². The number of benzene rings is 2. The number of rotatable bonds is 4. The lowest BCUT2D eigenvalue weighted by Gasteiger charge is -2.24. The lowest BCUT2D eigenvalue weighted by molar-refractivity contribution is -0.136. The summed E-state index contributed by atoms with van der Waals surface area (Å²) in [5, 5.41) is 2.90. The smallest absolute Gasteiger partial charge is 0.247 e. The first-order valence-electron chi connectivity index (χ1n) is 7.93. The summed E-state index contributed by atoms with van der Waals surface area (Å²) in [6, 6.07) is 18.6. The fourth-order valence-electron chi connectivity index (χ4n) is 2.96. The van der Waals surface area contributed by atoms with Crippen LogP contribution in [0, 0.1) is 0 Å². The van der Waals surface area contributed by atoms with Gasteiger partial charge in [-0.05, 0) is 30.5 Å². The van der Waals surface area contributed by atoms with Crippen molar-refractivity contribution in [1.29, 1.82) is 0 Å². The zero-order valence-corrected chi connectivity index (χ0v) is 12.9. The number of likely N-dealkylation sites (tertiary alicyclic amines) is 1. The molecule has 0 saturated carbocycles. The van der Waals surface area contributed by atoms with Crippen molar-refractivity contribution in [3.8, 4) is 0 Å². The molecule has 1 atom stereocenters. The van der Waals surface area contributed by atoms with Crippen LogP contribution < -0.4 is 5.32 Å². The molecule has 2 amide bonds. The molecule has 23 heavy (non-hydrogen) atoms. The molecule has 1 N–H and O–H groups in total. The molecular formula is C19H20N2O2. The second-order valence-corrected chi connectivity index (χ2v) is 5.76. The minimum absolute atomic E-state index is 0.0157. The van der Waals surface area contributed by atoms with Crippen molar-refractivity contribution in [3.05, 3.63) is 66.2 Å². The van der Waals surface area contributed by atoms with Gasteiger partial charge in [-0.1, -0.05) is 48.5 Å². The van der Waals surface area contributed by atoms with Crippen LogP contribution in [0.15, 0.2) is 60.7 Å². The third-order valence-corrected chi connectivity index (χ3v) is 4.12. The summed E-state index contributed by atoms with van der Waals surface area (Å²) in [6.07, 6.45) is 1.93. The molecule has 2 aromatic carbocycles. The molecule has 3 rings (SSSR count). The molecule has 1 aliphatic rings. The molecule has 1 saturated heterocycles. The van der Waals surface area contributed by atoms with Crippen molar-refractivity contribution in [2.24, 2.45) is 0 Å². The monoisotopic (exact) mass is 308 g/mol. The van der Waals surface area contributed by atoms with Gasteiger partial charge in [0.05, 0.1) is 6.42 Å². The van der Waals surface area contributed by atoms with Crippen molar-refractivity contribution >= 4 is 17.5 Å². The quantitative estimate of drug-likeness (QED) is 0.944. The highest BCUT2D eigenvalue weighted by Gasteiger charge is 2.33. The molecule has 0 aliphatic carbocycles. The molecular weight excluding hydrogens is 288 g/mol. The van der Waals surface area contributed by atoms with Gasteiger partial charge in [0.1, 0.15) is 6.04 Å². The van der Waals surface area contributed by atoms with E-state index in [2.05, 4.69) is 5.32 Å². The molecule has 0 unspecified atom stereocenters. The number of anilines is 1. The number of nitrogens with one attached hydrogen (secondary N) is 1. The number of amides is 2. The third-order valence-electron chi connectivity index (χ3n) is 4.12. The van der Waals surface area contributed by atoms with E-state index >= 15 is 0 Å². The van der Waals surface area contributed by atoms with E-state index in [1.807, 2.05) is 60.7 Å². The Kier molecular flexibility index (Phi) is 4.71. The van der Waals surface area contributed by atoms with E-state index in [1.54, 1.807) is 4.90 Å². The van der Waals surface area contributed by atoms with E-state index < -0.39 is 0 Å². The first kappa shape index (κ1) is 15.3. The van der Waals surface area contributed by atoms with Crippen molar-refractivity contribution in [1.82, 2.24) is 4.90 Å². The molecule has 0 bridgehead atoms.